The summed E-state index contributed by atoms with van der Waals surface area (Å²) in [6, 6.07) is 11.3. The van der Waals surface area contributed by atoms with Crippen LogP contribution in [0.15, 0.2) is 47.4 Å². The summed E-state index contributed by atoms with van der Waals surface area (Å²) in [6.45, 7) is 10.0. The highest BCUT2D eigenvalue weighted by Crippen LogP contribution is 2.26. The zero-order valence-corrected chi connectivity index (χ0v) is 18.4. The lowest BCUT2D eigenvalue weighted by atomic mass is 9.93. The SMILES string of the molecule is Cc1cccc(NS(=O)(=O)c2cc(C(=O)NC(C(C)C)C(C)C)ccc2Cl)c1. The van der Waals surface area contributed by atoms with Crippen molar-refractivity contribution in [1.82, 2.24) is 5.32 Å². The Balaban J connectivity index is 2.33. The molecule has 5 nitrogen and oxygen atoms in total. The van der Waals surface area contributed by atoms with Crippen molar-refractivity contribution in [2.75, 3.05) is 4.72 Å². The minimum atomic E-state index is -3.94. The molecule has 1 amide bonds. The molecule has 0 radical (unpaired) electrons. The van der Waals surface area contributed by atoms with Crippen molar-refractivity contribution < 1.29 is 13.2 Å². The number of benzene rings is 2. The molecule has 2 aromatic carbocycles. The Kier molecular flexibility index (Phi) is 7.12. The number of halogens is 1. The van der Waals surface area contributed by atoms with Gasteiger partial charge in [-0.2, -0.15) is 0 Å². The van der Waals surface area contributed by atoms with E-state index in [1.54, 1.807) is 18.2 Å². The number of sulfonamides is 1. The molecular formula is C21H27ClN2O3S. The molecule has 0 fully saturated rings. The summed E-state index contributed by atoms with van der Waals surface area (Å²) >= 11 is 6.14. The van der Waals surface area contributed by atoms with Gasteiger partial charge < -0.3 is 5.32 Å². The topological polar surface area (TPSA) is 75.3 Å². The van der Waals surface area contributed by atoms with Gasteiger partial charge in [0.2, 0.25) is 0 Å². The Labute approximate surface area is 172 Å². The normalized spacial score (nSPS) is 11.9. The summed E-state index contributed by atoms with van der Waals surface area (Å²) in [5.41, 5.74) is 1.61. The molecule has 0 aliphatic rings. The monoisotopic (exact) mass is 422 g/mol. The fourth-order valence-corrected chi connectivity index (χ4v) is 4.68. The lowest BCUT2D eigenvalue weighted by Crippen LogP contribution is -2.42. The first kappa shape index (κ1) is 22.2. The second-order valence-corrected chi connectivity index (χ2v) is 9.67. The molecule has 0 bridgehead atoms. The van der Waals surface area contributed by atoms with Gasteiger partial charge in [0.15, 0.2) is 0 Å². The molecule has 0 unspecified atom stereocenters. The number of carbonyl (C=O) groups is 1. The van der Waals surface area contributed by atoms with E-state index in [4.69, 9.17) is 11.6 Å². The van der Waals surface area contributed by atoms with Gasteiger partial charge in [0.25, 0.3) is 15.9 Å². The van der Waals surface area contributed by atoms with Crippen LogP contribution >= 0.6 is 11.6 Å². The largest absolute Gasteiger partial charge is 0.349 e. The van der Waals surface area contributed by atoms with E-state index in [-0.39, 0.29) is 39.3 Å². The van der Waals surface area contributed by atoms with Crippen molar-refractivity contribution >= 4 is 33.2 Å². The third-order valence-corrected chi connectivity index (χ3v) is 6.35. The first-order valence-electron chi connectivity index (χ1n) is 9.21. The van der Waals surface area contributed by atoms with Crippen molar-refractivity contribution in [1.29, 1.82) is 0 Å². The summed E-state index contributed by atoms with van der Waals surface area (Å²) < 4.78 is 28.2. The van der Waals surface area contributed by atoms with E-state index in [2.05, 4.69) is 10.0 Å². The van der Waals surface area contributed by atoms with Gasteiger partial charge in [0, 0.05) is 17.3 Å². The molecule has 0 aromatic heterocycles. The summed E-state index contributed by atoms with van der Waals surface area (Å²) in [5, 5.41) is 3.05. The average molecular weight is 423 g/mol. The van der Waals surface area contributed by atoms with Gasteiger partial charge in [0.1, 0.15) is 4.90 Å². The van der Waals surface area contributed by atoms with E-state index in [1.165, 1.54) is 18.2 Å². The Hall–Kier alpha value is -2.05. The van der Waals surface area contributed by atoms with E-state index in [0.717, 1.165) is 5.56 Å². The van der Waals surface area contributed by atoms with Crippen LogP contribution in [0.5, 0.6) is 0 Å². The Bertz CT molecular complexity index is 948. The van der Waals surface area contributed by atoms with Gasteiger partial charge in [0.05, 0.1) is 5.02 Å². The van der Waals surface area contributed by atoms with Gasteiger partial charge in [-0.25, -0.2) is 8.42 Å². The van der Waals surface area contributed by atoms with E-state index in [9.17, 15) is 13.2 Å². The summed E-state index contributed by atoms with van der Waals surface area (Å²) in [4.78, 5) is 12.6. The van der Waals surface area contributed by atoms with Crippen LogP contribution in [-0.4, -0.2) is 20.4 Å². The van der Waals surface area contributed by atoms with Crippen molar-refractivity contribution in [3.63, 3.8) is 0 Å². The number of nitrogens with one attached hydrogen (secondary N) is 2. The van der Waals surface area contributed by atoms with Crippen LogP contribution in [0.1, 0.15) is 43.6 Å². The molecule has 2 rings (SSSR count). The fraction of sp³-hybridized carbons (Fsp3) is 0.381. The maximum Gasteiger partial charge on any atom is 0.263 e. The smallest absolute Gasteiger partial charge is 0.263 e. The summed E-state index contributed by atoms with van der Waals surface area (Å²) in [6.07, 6.45) is 0. The van der Waals surface area contributed by atoms with E-state index in [1.807, 2.05) is 40.7 Å². The van der Waals surface area contributed by atoms with Crippen molar-refractivity contribution in [3.05, 3.63) is 58.6 Å². The molecule has 0 heterocycles. The molecule has 2 aromatic rings. The lowest BCUT2D eigenvalue weighted by Gasteiger charge is -2.26. The zero-order valence-electron chi connectivity index (χ0n) is 16.8. The fourth-order valence-electron chi connectivity index (χ4n) is 3.11. The van der Waals surface area contributed by atoms with Crippen LogP contribution < -0.4 is 10.0 Å². The average Bonchev–Trinajstić information content (AvgIpc) is 2.58. The second kappa shape index (κ2) is 8.97. The van der Waals surface area contributed by atoms with Gasteiger partial charge in [-0.05, 0) is 54.7 Å². The molecule has 2 N–H and O–H groups in total. The molecular weight excluding hydrogens is 396 g/mol. The van der Waals surface area contributed by atoms with Gasteiger partial charge in [-0.1, -0.05) is 51.4 Å². The molecule has 0 saturated carbocycles. The molecule has 0 aliphatic carbocycles. The highest BCUT2D eigenvalue weighted by atomic mass is 35.5. The first-order valence-corrected chi connectivity index (χ1v) is 11.1. The maximum absolute atomic E-state index is 12.8. The summed E-state index contributed by atoms with van der Waals surface area (Å²) in [5.74, 6) is 0.181. The number of amides is 1. The minimum Gasteiger partial charge on any atom is -0.349 e. The van der Waals surface area contributed by atoms with Crippen LogP contribution in [0.2, 0.25) is 5.02 Å². The third-order valence-electron chi connectivity index (χ3n) is 4.49. The second-order valence-electron chi connectivity index (χ2n) is 7.61. The van der Waals surface area contributed by atoms with Crippen LogP contribution in [-0.2, 0) is 10.0 Å². The summed E-state index contributed by atoms with van der Waals surface area (Å²) in [7, 11) is -3.94. The molecule has 152 valence electrons. The first-order chi connectivity index (χ1) is 13.0. The quantitative estimate of drug-likeness (QED) is 0.669. The highest BCUT2D eigenvalue weighted by molar-refractivity contribution is 7.92. The van der Waals surface area contributed by atoms with Crippen LogP contribution in [0.25, 0.3) is 0 Å². The lowest BCUT2D eigenvalue weighted by molar-refractivity contribution is 0.0910. The van der Waals surface area contributed by atoms with Gasteiger partial charge >= 0.3 is 0 Å². The third kappa shape index (κ3) is 5.49. The number of hydrogen-bond donors (Lipinski definition) is 2. The molecule has 0 spiro atoms. The highest BCUT2D eigenvalue weighted by Gasteiger charge is 2.23. The number of aryl methyl sites for hydroxylation is 1. The Morgan fingerprint density at radius 2 is 1.64 bits per heavy atom. The molecule has 0 aliphatic heterocycles. The number of anilines is 1. The zero-order chi connectivity index (χ0) is 21.1. The maximum atomic E-state index is 12.8. The van der Waals surface area contributed by atoms with Gasteiger partial charge in [-0.3, -0.25) is 9.52 Å². The van der Waals surface area contributed by atoms with Crippen LogP contribution in [0.3, 0.4) is 0 Å². The van der Waals surface area contributed by atoms with E-state index >= 15 is 0 Å². The molecule has 0 atom stereocenters. The Morgan fingerprint density at radius 1 is 1.00 bits per heavy atom. The van der Waals surface area contributed by atoms with Crippen molar-refractivity contribution in [2.24, 2.45) is 11.8 Å². The van der Waals surface area contributed by atoms with Crippen LogP contribution in [0, 0.1) is 18.8 Å². The predicted octanol–water partition coefficient (Wildman–Crippen LogP) is 4.86. The minimum absolute atomic E-state index is 0.0198. The van der Waals surface area contributed by atoms with E-state index in [0.29, 0.717) is 5.69 Å². The molecule has 28 heavy (non-hydrogen) atoms. The predicted molar refractivity (Wildman–Crippen MR) is 114 cm³/mol. The molecule has 0 saturated heterocycles. The van der Waals surface area contributed by atoms with Gasteiger partial charge in [-0.15, -0.1) is 0 Å². The van der Waals surface area contributed by atoms with Crippen molar-refractivity contribution in [2.45, 2.75) is 45.6 Å². The number of hydrogen-bond acceptors (Lipinski definition) is 3. The van der Waals surface area contributed by atoms with E-state index < -0.39 is 10.0 Å². The van der Waals surface area contributed by atoms with Crippen LogP contribution in [0.4, 0.5) is 5.69 Å². The van der Waals surface area contributed by atoms with Crippen molar-refractivity contribution in [3.8, 4) is 0 Å². The number of carbonyl (C=O) groups excluding carboxylic acids is 1. The number of rotatable bonds is 7. The Morgan fingerprint density at radius 3 is 2.21 bits per heavy atom. The molecule has 7 heteroatoms. The standard InChI is InChI=1S/C21H27ClN2O3S/c1-13(2)20(14(3)4)23-21(25)16-9-10-18(22)19(12-16)28(26,27)24-17-8-6-7-15(5)11-17/h6-14,20,24H,1-5H3,(H,23,25).